The van der Waals surface area contributed by atoms with Gasteiger partial charge in [-0.2, -0.15) is 0 Å². The second-order valence-corrected chi connectivity index (χ2v) is 5.44. The van der Waals surface area contributed by atoms with E-state index in [9.17, 15) is 4.79 Å². The molecule has 22 heavy (non-hydrogen) atoms. The lowest BCUT2D eigenvalue weighted by molar-refractivity contribution is 0.0711. The van der Waals surface area contributed by atoms with Crippen LogP contribution in [-0.2, 0) is 0 Å². The van der Waals surface area contributed by atoms with E-state index in [1.54, 1.807) is 23.5 Å². The van der Waals surface area contributed by atoms with Crippen LogP contribution in [0.2, 0.25) is 0 Å². The number of anilines is 1. The van der Waals surface area contributed by atoms with Crippen molar-refractivity contribution in [3.05, 3.63) is 48.7 Å². The maximum atomic E-state index is 12.5. The number of pyridine rings is 1. The average Bonchev–Trinajstić information content (AvgIpc) is 2.62. The highest BCUT2D eigenvalue weighted by atomic mass is 16.2. The van der Waals surface area contributed by atoms with Gasteiger partial charge in [0.15, 0.2) is 0 Å². The van der Waals surface area contributed by atoms with Gasteiger partial charge in [0.1, 0.15) is 11.5 Å². The average molecular weight is 297 g/mol. The van der Waals surface area contributed by atoms with Crippen LogP contribution in [0.5, 0.6) is 0 Å². The highest BCUT2D eigenvalue weighted by Crippen LogP contribution is 2.20. The van der Waals surface area contributed by atoms with Crippen molar-refractivity contribution in [3.63, 3.8) is 0 Å². The molecule has 0 radical (unpaired) electrons. The van der Waals surface area contributed by atoms with Crippen molar-refractivity contribution in [3.8, 4) is 0 Å². The first-order chi connectivity index (χ1) is 10.8. The molecule has 1 atom stereocenters. The third kappa shape index (κ3) is 3.05. The van der Waals surface area contributed by atoms with Crippen LogP contribution in [0.1, 0.15) is 23.3 Å². The van der Waals surface area contributed by atoms with E-state index in [-0.39, 0.29) is 11.9 Å². The first kappa shape index (κ1) is 14.4. The minimum Gasteiger partial charge on any atom is -0.355 e. The Morgan fingerprint density at radius 1 is 1.27 bits per heavy atom. The number of aromatic nitrogens is 3. The van der Waals surface area contributed by atoms with Gasteiger partial charge in [0.25, 0.3) is 5.91 Å². The van der Waals surface area contributed by atoms with Gasteiger partial charge in [-0.1, -0.05) is 6.07 Å². The van der Waals surface area contributed by atoms with Crippen molar-refractivity contribution in [1.82, 2.24) is 19.9 Å². The molecule has 3 heterocycles. The summed E-state index contributed by atoms with van der Waals surface area (Å²) in [6.07, 6.45) is 8.46. The van der Waals surface area contributed by atoms with Gasteiger partial charge in [0.2, 0.25) is 0 Å². The quantitative estimate of drug-likeness (QED) is 0.861. The lowest BCUT2D eigenvalue weighted by atomic mass is 10.0. The molecule has 114 valence electrons. The number of piperidine rings is 1. The molecule has 1 aliphatic heterocycles. The summed E-state index contributed by atoms with van der Waals surface area (Å²) in [5, 5.41) is 0. The molecule has 6 heteroatoms. The number of hydrogen-bond donors (Lipinski definition) is 0. The second kappa shape index (κ2) is 6.51. The zero-order chi connectivity index (χ0) is 15.4. The Kier molecular flexibility index (Phi) is 4.27. The highest BCUT2D eigenvalue weighted by molar-refractivity contribution is 5.92. The Morgan fingerprint density at radius 2 is 2.18 bits per heavy atom. The topological polar surface area (TPSA) is 62.2 Å². The van der Waals surface area contributed by atoms with Crippen LogP contribution in [0.3, 0.4) is 0 Å². The third-order valence-electron chi connectivity index (χ3n) is 4.02. The van der Waals surface area contributed by atoms with Crippen molar-refractivity contribution in [2.75, 3.05) is 25.0 Å². The molecule has 0 aliphatic carbocycles. The molecule has 1 saturated heterocycles. The van der Waals surface area contributed by atoms with Crippen LogP contribution in [0, 0.1) is 0 Å². The van der Waals surface area contributed by atoms with E-state index in [4.69, 9.17) is 0 Å². The Bertz CT molecular complexity index is 619. The summed E-state index contributed by atoms with van der Waals surface area (Å²) < 4.78 is 0. The number of hydrogen-bond acceptors (Lipinski definition) is 5. The third-order valence-corrected chi connectivity index (χ3v) is 4.02. The van der Waals surface area contributed by atoms with Gasteiger partial charge < -0.3 is 9.80 Å². The molecule has 2 aromatic heterocycles. The number of amides is 1. The molecule has 0 bridgehead atoms. The SMILES string of the molecule is CN(C(=O)c1cnccn1)C1CCCN(c2ccccn2)C1. The summed E-state index contributed by atoms with van der Waals surface area (Å²) in [4.78, 5) is 28.9. The number of carbonyl (C=O) groups is 1. The largest absolute Gasteiger partial charge is 0.355 e. The first-order valence-electron chi connectivity index (χ1n) is 7.45. The molecule has 2 aromatic rings. The van der Waals surface area contributed by atoms with E-state index in [1.165, 1.54) is 6.20 Å². The summed E-state index contributed by atoms with van der Waals surface area (Å²) in [6.45, 7) is 1.76. The van der Waals surface area contributed by atoms with Crippen LogP contribution < -0.4 is 4.90 Å². The Balaban J connectivity index is 1.70. The van der Waals surface area contributed by atoms with E-state index in [0.717, 1.165) is 31.7 Å². The van der Waals surface area contributed by atoms with Gasteiger partial charge >= 0.3 is 0 Å². The van der Waals surface area contributed by atoms with Crippen LogP contribution in [0.15, 0.2) is 43.0 Å². The van der Waals surface area contributed by atoms with Crippen molar-refractivity contribution in [1.29, 1.82) is 0 Å². The molecular weight excluding hydrogens is 278 g/mol. The molecule has 6 nitrogen and oxygen atoms in total. The lowest BCUT2D eigenvalue weighted by Gasteiger charge is -2.38. The van der Waals surface area contributed by atoms with Crippen LogP contribution >= 0.6 is 0 Å². The Hall–Kier alpha value is -2.50. The molecule has 1 amide bonds. The smallest absolute Gasteiger partial charge is 0.274 e. The van der Waals surface area contributed by atoms with Crippen LogP contribution in [-0.4, -0.2) is 51.9 Å². The van der Waals surface area contributed by atoms with E-state index in [0.29, 0.717) is 5.69 Å². The first-order valence-corrected chi connectivity index (χ1v) is 7.45. The monoisotopic (exact) mass is 297 g/mol. The van der Waals surface area contributed by atoms with Gasteiger partial charge in [-0.3, -0.25) is 9.78 Å². The molecule has 1 aliphatic rings. The maximum Gasteiger partial charge on any atom is 0.274 e. The van der Waals surface area contributed by atoms with E-state index < -0.39 is 0 Å². The predicted molar refractivity (Wildman–Crippen MR) is 83.6 cm³/mol. The van der Waals surface area contributed by atoms with E-state index in [1.807, 2.05) is 25.2 Å². The van der Waals surface area contributed by atoms with Gasteiger partial charge in [-0.05, 0) is 25.0 Å². The molecule has 1 unspecified atom stereocenters. The molecule has 3 rings (SSSR count). The second-order valence-electron chi connectivity index (χ2n) is 5.44. The summed E-state index contributed by atoms with van der Waals surface area (Å²) in [6, 6.07) is 6.06. The standard InChI is InChI=1S/C16H19N5O/c1-20(16(22)14-11-17-8-9-18-14)13-5-4-10-21(12-13)15-6-2-3-7-19-15/h2-3,6-9,11,13H,4-5,10,12H2,1H3. The zero-order valence-electron chi connectivity index (χ0n) is 12.6. The fourth-order valence-corrected chi connectivity index (χ4v) is 2.78. The van der Waals surface area contributed by atoms with Crippen LogP contribution in [0.4, 0.5) is 5.82 Å². The predicted octanol–water partition coefficient (Wildman–Crippen LogP) is 1.61. The van der Waals surface area contributed by atoms with Gasteiger partial charge in [-0.15, -0.1) is 0 Å². The summed E-state index contributed by atoms with van der Waals surface area (Å²) in [7, 11) is 1.84. The van der Waals surface area contributed by atoms with Crippen molar-refractivity contribution in [2.45, 2.75) is 18.9 Å². The van der Waals surface area contributed by atoms with Crippen molar-refractivity contribution >= 4 is 11.7 Å². The van der Waals surface area contributed by atoms with Gasteiger partial charge in [-0.25, -0.2) is 9.97 Å². The van der Waals surface area contributed by atoms with Crippen molar-refractivity contribution < 1.29 is 4.79 Å². The normalized spacial score (nSPS) is 18.0. The number of carbonyl (C=O) groups excluding carboxylic acids is 1. The zero-order valence-corrected chi connectivity index (χ0v) is 12.6. The fraction of sp³-hybridized carbons (Fsp3) is 0.375. The Morgan fingerprint density at radius 3 is 2.91 bits per heavy atom. The molecule has 0 saturated carbocycles. The minimum absolute atomic E-state index is 0.0824. The fourth-order valence-electron chi connectivity index (χ4n) is 2.78. The summed E-state index contributed by atoms with van der Waals surface area (Å²) in [5.74, 6) is 0.883. The highest BCUT2D eigenvalue weighted by Gasteiger charge is 2.27. The lowest BCUT2D eigenvalue weighted by Crippen LogP contribution is -2.49. The van der Waals surface area contributed by atoms with Gasteiger partial charge in [0.05, 0.1) is 6.20 Å². The molecule has 0 N–H and O–H groups in total. The molecule has 0 aromatic carbocycles. The van der Waals surface area contributed by atoms with Crippen molar-refractivity contribution in [2.24, 2.45) is 0 Å². The number of likely N-dealkylation sites (N-methyl/N-ethyl adjacent to an activating group) is 1. The molecule has 1 fully saturated rings. The molecular formula is C16H19N5O. The molecule has 0 spiro atoms. The Labute approximate surface area is 129 Å². The number of nitrogens with zero attached hydrogens (tertiary/aromatic N) is 5. The van der Waals surface area contributed by atoms with E-state index in [2.05, 4.69) is 19.9 Å². The number of rotatable bonds is 3. The summed E-state index contributed by atoms with van der Waals surface area (Å²) in [5.41, 5.74) is 0.389. The van der Waals surface area contributed by atoms with E-state index >= 15 is 0 Å². The van der Waals surface area contributed by atoms with Crippen LogP contribution in [0.25, 0.3) is 0 Å². The summed E-state index contributed by atoms with van der Waals surface area (Å²) >= 11 is 0. The maximum absolute atomic E-state index is 12.5. The van der Waals surface area contributed by atoms with Gasteiger partial charge in [0, 0.05) is 44.8 Å². The minimum atomic E-state index is -0.0824.